The summed E-state index contributed by atoms with van der Waals surface area (Å²) in [5.74, 6) is -2.25. The van der Waals surface area contributed by atoms with Crippen molar-refractivity contribution in [2.75, 3.05) is 40.1 Å². The number of nitrogens with zero attached hydrogens (tertiary/aromatic N) is 2. The molecule has 7 rings (SSSR count). The van der Waals surface area contributed by atoms with Gasteiger partial charge in [-0.3, -0.25) is 19.3 Å². The number of cyclic esters (lactones) is 1. The molecule has 0 aromatic carbocycles. The van der Waals surface area contributed by atoms with Gasteiger partial charge < -0.3 is 29.4 Å². The third-order valence-electron chi connectivity index (χ3n) is 14.1. The fourth-order valence-electron chi connectivity index (χ4n) is 12.1. The standard InChI is InChI=1S/C42H63N3O9/c1-3-22-43-38(47)33-35-39(48)54-36(28-16-8-5-9-17-28)34(27-14-6-4-7-15-27)45(35)37(29-18-10-13-21-32(29)52-24-23-46)42(33)30-19-11-12-20-31(30)44(40(42)49)41(50)53-26-25-51-2/h3,27-29,32-37,46H,1,4-26H2,2H3,(H,43,47)/t29?,32?,33-,34-,35-,36+,37+,42-/m0/s1. The number of ether oxygens (including phenoxy) is 4. The van der Waals surface area contributed by atoms with E-state index in [1.807, 2.05) is 0 Å². The Morgan fingerprint density at radius 1 is 0.907 bits per heavy atom. The van der Waals surface area contributed by atoms with E-state index >= 15 is 14.4 Å². The number of carbonyl (C=O) groups is 4. The second-order valence-electron chi connectivity index (χ2n) is 16.9. The minimum Gasteiger partial charge on any atom is -0.459 e. The van der Waals surface area contributed by atoms with Crippen molar-refractivity contribution >= 4 is 23.9 Å². The number of carbonyl (C=O) groups excluding carboxylic acids is 4. The highest BCUT2D eigenvalue weighted by Gasteiger charge is 2.77. The van der Waals surface area contributed by atoms with Crippen LogP contribution >= 0.6 is 0 Å². The molecule has 3 saturated carbocycles. The van der Waals surface area contributed by atoms with Crippen LogP contribution < -0.4 is 5.32 Å². The number of morpholine rings is 1. The molecule has 0 aromatic heterocycles. The van der Waals surface area contributed by atoms with Gasteiger partial charge in [0.15, 0.2) is 0 Å². The number of amides is 3. The van der Waals surface area contributed by atoms with Crippen molar-refractivity contribution in [3.05, 3.63) is 23.9 Å². The second-order valence-corrected chi connectivity index (χ2v) is 16.9. The largest absolute Gasteiger partial charge is 0.459 e. The summed E-state index contributed by atoms with van der Waals surface area (Å²) >= 11 is 0. The molecule has 3 heterocycles. The third kappa shape index (κ3) is 6.95. The van der Waals surface area contributed by atoms with Crippen LogP contribution in [0.4, 0.5) is 4.79 Å². The molecule has 4 aliphatic carbocycles. The van der Waals surface area contributed by atoms with Crippen molar-refractivity contribution in [3.8, 4) is 0 Å². The molecule has 54 heavy (non-hydrogen) atoms. The Balaban J connectivity index is 1.47. The van der Waals surface area contributed by atoms with Crippen LogP contribution in [0.3, 0.4) is 0 Å². The molecule has 12 nitrogen and oxygen atoms in total. The number of esters is 1. The van der Waals surface area contributed by atoms with Gasteiger partial charge in [-0.25, -0.2) is 9.69 Å². The highest BCUT2D eigenvalue weighted by atomic mass is 16.6. The smallest absolute Gasteiger partial charge is 0.421 e. The Morgan fingerprint density at radius 3 is 2.30 bits per heavy atom. The van der Waals surface area contributed by atoms with Gasteiger partial charge in [-0.2, -0.15) is 0 Å². The molecule has 5 fully saturated rings. The first-order valence-corrected chi connectivity index (χ1v) is 21.2. The molecule has 2 unspecified atom stereocenters. The molecule has 2 N–H and O–H groups in total. The molecule has 12 heteroatoms. The molecule has 1 spiro atoms. The number of fused-ring (bicyclic) bond motifs is 2. The summed E-state index contributed by atoms with van der Waals surface area (Å²) in [6, 6.07) is -1.81. The molecule has 2 saturated heterocycles. The lowest BCUT2D eigenvalue weighted by Gasteiger charge is -2.54. The predicted molar refractivity (Wildman–Crippen MR) is 200 cm³/mol. The van der Waals surface area contributed by atoms with Crippen LogP contribution in [0.25, 0.3) is 0 Å². The molecule has 7 aliphatic rings. The minimum absolute atomic E-state index is 0.0188. The predicted octanol–water partition coefficient (Wildman–Crippen LogP) is 5.42. The Hall–Kier alpha value is -2.80. The molecule has 0 aromatic rings. The van der Waals surface area contributed by atoms with E-state index < -0.39 is 47.3 Å². The summed E-state index contributed by atoms with van der Waals surface area (Å²) in [6.07, 6.45) is 16.8. The zero-order chi connectivity index (χ0) is 37.8. The SMILES string of the molecule is C=CCNC(=O)[C@@H]1[C@H]2C(=O)O[C@H](C3CCCCC3)[C@H](C3CCCCC3)N2[C@H](C2CCCCC2OCCO)[C@@]12C(=O)N(C(=O)OCCOC)C1=C2CCCC1. The number of aliphatic hydroxyl groups is 1. The number of hydrogen-bond acceptors (Lipinski definition) is 10. The van der Waals surface area contributed by atoms with E-state index in [-0.39, 0.29) is 69.0 Å². The van der Waals surface area contributed by atoms with Crippen molar-refractivity contribution in [2.45, 2.75) is 146 Å². The number of aliphatic hydroxyl groups excluding tert-OH is 1. The van der Waals surface area contributed by atoms with Gasteiger partial charge in [-0.15, -0.1) is 6.58 Å². The van der Waals surface area contributed by atoms with E-state index in [1.165, 1.54) is 18.4 Å². The van der Waals surface area contributed by atoms with Crippen LogP contribution in [0.1, 0.15) is 116 Å². The molecule has 0 radical (unpaired) electrons. The first kappa shape index (κ1) is 39.4. The number of nitrogens with one attached hydrogen (secondary N) is 1. The van der Waals surface area contributed by atoms with Gasteiger partial charge >= 0.3 is 12.1 Å². The Bertz CT molecular complexity index is 1420. The Kier molecular flexibility index (Phi) is 12.8. The van der Waals surface area contributed by atoms with Gasteiger partial charge in [-0.05, 0) is 81.6 Å². The first-order chi connectivity index (χ1) is 26.4. The molecule has 3 amide bonds. The minimum atomic E-state index is -1.53. The lowest BCUT2D eigenvalue weighted by molar-refractivity contribution is -0.192. The van der Waals surface area contributed by atoms with E-state index in [9.17, 15) is 9.90 Å². The highest BCUT2D eigenvalue weighted by Crippen LogP contribution is 2.64. The van der Waals surface area contributed by atoms with Gasteiger partial charge in [0.1, 0.15) is 24.2 Å². The molecule has 0 bridgehead atoms. The first-order valence-electron chi connectivity index (χ1n) is 21.2. The summed E-state index contributed by atoms with van der Waals surface area (Å²) in [4.78, 5) is 63.8. The fraction of sp³-hybridized carbons (Fsp3) is 0.810. The van der Waals surface area contributed by atoms with Crippen LogP contribution in [-0.4, -0.2) is 109 Å². The summed E-state index contributed by atoms with van der Waals surface area (Å²) in [5.41, 5.74) is -0.103. The monoisotopic (exact) mass is 753 g/mol. The zero-order valence-corrected chi connectivity index (χ0v) is 32.4. The molecule has 3 aliphatic heterocycles. The van der Waals surface area contributed by atoms with Crippen LogP contribution in [0.2, 0.25) is 0 Å². The molecular weight excluding hydrogens is 690 g/mol. The number of imide groups is 1. The summed E-state index contributed by atoms with van der Waals surface area (Å²) in [7, 11) is 1.53. The van der Waals surface area contributed by atoms with Gasteiger partial charge in [0.25, 0.3) is 0 Å². The number of allylic oxidation sites excluding steroid dienone is 1. The van der Waals surface area contributed by atoms with Crippen LogP contribution in [0, 0.1) is 29.1 Å². The highest BCUT2D eigenvalue weighted by molar-refractivity contribution is 6.07. The third-order valence-corrected chi connectivity index (χ3v) is 14.1. The van der Waals surface area contributed by atoms with Crippen molar-refractivity contribution in [2.24, 2.45) is 29.1 Å². The average molecular weight is 754 g/mol. The van der Waals surface area contributed by atoms with E-state index in [4.69, 9.17) is 18.9 Å². The fourth-order valence-corrected chi connectivity index (χ4v) is 12.1. The molecular formula is C42H63N3O9. The molecule has 8 atom stereocenters. The number of methoxy groups -OCH3 is 1. The number of rotatable bonds is 12. The van der Waals surface area contributed by atoms with Crippen molar-refractivity contribution in [1.82, 2.24) is 15.1 Å². The summed E-state index contributed by atoms with van der Waals surface area (Å²) in [5, 5.41) is 13.0. The Morgan fingerprint density at radius 2 is 1.59 bits per heavy atom. The maximum atomic E-state index is 15.9. The van der Waals surface area contributed by atoms with Crippen molar-refractivity contribution in [3.63, 3.8) is 0 Å². The van der Waals surface area contributed by atoms with Crippen LogP contribution in [-0.2, 0) is 33.3 Å². The Labute approximate surface area is 320 Å². The summed E-state index contributed by atoms with van der Waals surface area (Å²) < 4.78 is 24.1. The lowest BCUT2D eigenvalue weighted by Crippen LogP contribution is -2.66. The second kappa shape index (κ2) is 17.6. The van der Waals surface area contributed by atoms with Crippen molar-refractivity contribution < 1.29 is 43.2 Å². The molecule has 300 valence electrons. The van der Waals surface area contributed by atoms with Gasteiger partial charge in [0, 0.05) is 31.3 Å². The average Bonchev–Trinajstić information content (AvgIpc) is 3.66. The quantitative estimate of drug-likeness (QED) is 0.151. The van der Waals surface area contributed by atoms with Crippen LogP contribution in [0.15, 0.2) is 23.9 Å². The zero-order valence-electron chi connectivity index (χ0n) is 32.4. The van der Waals surface area contributed by atoms with E-state index in [0.717, 1.165) is 102 Å². The van der Waals surface area contributed by atoms with E-state index in [0.29, 0.717) is 18.5 Å². The van der Waals surface area contributed by atoms with E-state index in [2.05, 4.69) is 16.8 Å². The van der Waals surface area contributed by atoms with Crippen molar-refractivity contribution in [1.29, 1.82) is 0 Å². The van der Waals surface area contributed by atoms with Crippen LogP contribution in [0.5, 0.6) is 0 Å². The normalized spacial score (nSPS) is 35.1. The van der Waals surface area contributed by atoms with E-state index in [1.54, 1.807) is 6.08 Å². The van der Waals surface area contributed by atoms with Gasteiger partial charge in [0.05, 0.1) is 37.9 Å². The van der Waals surface area contributed by atoms with Gasteiger partial charge in [-0.1, -0.05) is 57.4 Å². The topological polar surface area (TPSA) is 144 Å². The number of hydrogen-bond donors (Lipinski definition) is 2. The lowest BCUT2D eigenvalue weighted by atomic mass is 9.59. The summed E-state index contributed by atoms with van der Waals surface area (Å²) in [6.45, 7) is 4.21. The maximum Gasteiger partial charge on any atom is 0.421 e. The van der Waals surface area contributed by atoms with Gasteiger partial charge in [0.2, 0.25) is 11.8 Å². The maximum absolute atomic E-state index is 15.9.